The number of nitrogens with one attached hydrogen (secondary N) is 2. The van der Waals surface area contributed by atoms with Crippen LogP contribution in [0, 0.1) is 0 Å². The molecule has 0 radical (unpaired) electrons. The zero-order valence-corrected chi connectivity index (χ0v) is 17.6. The number of carbonyl (C=O) groups is 1. The predicted molar refractivity (Wildman–Crippen MR) is 116 cm³/mol. The zero-order chi connectivity index (χ0) is 20.7. The maximum absolute atomic E-state index is 12.4. The van der Waals surface area contributed by atoms with Gasteiger partial charge in [0.2, 0.25) is 10.0 Å². The Morgan fingerprint density at radius 2 is 1.72 bits per heavy atom. The summed E-state index contributed by atoms with van der Waals surface area (Å²) < 4.78 is 30.4. The fourth-order valence-corrected chi connectivity index (χ4v) is 3.94. The number of thiophene rings is 1. The SMILES string of the molecule is CS(=O)(=O)NCCc1ccc(C(=O)Nc2ccc(OCc3ccccc3)cc2)s1. The quantitative estimate of drug-likeness (QED) is 0.542. The molecule has 0 fully saturated rings. The Kier molecular flexibility index (Phi) is 7.03. The van der Waals surface area contributed by atoms with Gasteiger partial charge in [-0.05, 0) is 48.4 Å². The highest BCUT2D eigenvalue weighted by molar-refractivity contribution is 7.88. The van der Waals surface area contributed by atoms with Crippen LogP contribution in [0.25, 0.3) is 0 Å². The van der Waals surface area contributed by atoms with Gasteiger partial charge in [0.15, 0.2) is 0 Å². The molecule has 6 nitrogen and oxygen atoms in total. The van der Waals surface area contributed by atoms with E-state index in [-0.39, 0.29) is 5.91 Å². The molecule has 3 aromatic rings. The van der Waals surface area contributed by atoms with Crippen LogP contribution in [0.4, 0.5) is 5.69 Å². The van der Waals surface area contributed by atoms with E-state index >= 15 is 0 Å². The monoisotopic (exact) mass is 430 g/mol. The molecule has 29 heavy (non-hydrogen) atoms. The van der Waals surface area contributed by atoms with Gasteiger partial charge < -0.3 is 10.1 Å². The minimum atomic E-state index is -3.20. The molecule has 0 aliphatic carbocycles. The second kappa shape index (κ2) is 9.69. The third kappa shape index (κ3) is 7.01. The average molecular weight is 431 g/mol. The summed E-state index contributed by atoms with van der Waals surface area (Å²) in [6.07, 6.45) is 1.66. The standard InChI is InChI=1S/C21H22N2O4S2/c1-29(25,26)22-14-13-19-11-12-20(28-19)21(24)23-17-7-9-18(10-8-17)27-15-16-5-3-2-4-6-16/h2-12,22H,13-15H2,1H3,(H,23,24). The van der Waals surface area contributed by atoms with E-state index in [1.165, 1.54) is 11.3 Å². The molecule has 0 unspecified atom stereocenters. The topological polar surface area (TPSA) is 84.5 Å². The van der Waals surface area contributed by atoms with Gasteiger partial charge in [0.05, 0.1) is 11.1 Å². The first-order chi connectivity index (χ1) is 13.9. The maximum Gasteiger partial charge on any atom is 0.265 e. The van der Waals surface area contributed by atoms with Crippen LogP contribution in [-0.4, -0.2) is 27.1 Å². The number of benzene rings is 2. The van der Waals surface area contributed by atoms with Crippen LogP contribution < -0.4 is 14.8 Å². The number of sulfonamides is 1. The Bertz CT molecular complexity index is 1050. The highest BCUT2D eigenvalue weighted by Crippen LogP contribution is 2.21. The molecule has 0 aliphatic rings. The van der Waals surface area contributed by atoms with Crippen molar-refractivity contribution in [1.82, 2.24) is 4.72 Å². The summed E-state index contributed by atoms with van der Waals surface area (Å²) in [5, 5.41) is 2.86. The lowest BCUT2D eigenvalue weighted by Gasteiger charge is -2.08. The van der Waals surface area contributed by atoms with Crippen molar-refractivity contribution in [1.29, 1.82) is 0 Å². The fourth-order valence-electron chi connectivity index (χ4n) is 2.56. The van der Waals surface area contributed by atoms with Crippen LogP contribution in [0.15, 0.2) is 66.7 Å². The van der Waals surface area contributed by atoms with Crippen molar-refractivity contribution in [2.75, 3.05) is 18.1 Å². The van der Waals surface area contributed by atoms with E-state index in [1.54, 1.807) is 18.2 Å². The van der Waals surface area contributed by atoms with Crippen LogP contribution in [0.5, 0.6) is 5.75 Å². The van der Waals surface area contributed by atoms with E-state index in [9.17, 15) is 13.2 Å². The molecule has 0 aliphatic heterocycles. The summed E-state index contributed by atoms with van der Waals surface area (Å²) >= 11 is 1.35. The number of amides is 1. The van der Waals surface area contributed by atoms with Gasteiger partial charge in [-0.15, -0.1) is 11.3 Å². The molecular weight excluding hydrogens is 408 g/mol. The van der Waals surface area contributed by atoms with Crippen LogP contribution in [0.2, 0.25) is 0 Å². The second-order valence-electron chi connectivity index (χ2n) is 6.44. The maximum atomic E-state index is 12.4. The Morgan fingerprint density at radius 3 is 2.41 bits per heavy atom. The van der Waals surface area contributed by atoms with Crippen molar-refractivity contribution >= 4 is 33.0 Å². The predicted octanol–water partition coefficient (Wildman–Crippen LogP) is 3.67. The van der Waals surface area contributed by atoms with Crippen LogP contribution in [-0.2, 0) is 23.1 Å². The van der Waals surface area contributed by atoms with Gasteiger partial charge in [-0.1, -0.05) is 30.3 Å². The van der Waals surface area contributed by atoms with E-state index in [4.69, 9.17) is 4.74 Å². The van der Waals surface area contributed by atoms with Gasteiger partial charge in [0.1, 0.15) is 12.4 Å². The first-order valence-corrected chi connectivity index (χ1v) is 11.7. The van der Waals surface area contributed by atoms with Gasteiger partial charge in [-0.2, -0.15) is 0 Å². The number of hydrogen-bond donors (Lipinski definition) is 2. The van der Waals surface area contributed by atoms with Crippen molar-refractivity contribution in [3.05, 3.63) is 82.0 Å². The first kappa shape index (κ1) is 21.0. The molecule has 0 spiro atoms. The number of anilines is 1. The van der Waals surface area contributed by atoms with E-state index < -0.39 is 10.0 Å². The fraction of sp³-hybridized carbons (Fsp3) is 0.190. The van der Waals surface area contributed by atoms with Crippen LogP contribution in [0.1, 0.15) is 20.1 Å². The molecule has 2 N–H and O–H groups in total. The lowest BCUT2D eigenvalue weighted by atomic mass is 10.2. The molecule has 0 atom stereocenters. The summed E-state index contributed by atoms with van der Waals surface area (Å²) in [5.41, 5.74) is 1.76. The van der Waals surface area contributed by atoms with Crippen LogP contribution in [0.3, 0.4) is 0 Å². The Balaban J connectivity index is 1.50. The minimum absolute atomic E-state index is 0.199. The number of hydrogen-bond acceptors (Lipinski definition) is 5. The number of carbonyl (C=O) groups excluding carboxylic acids is 1. The summed E-state index contributed by atoms with van der Waals surface area (Å²) in [4.78, 5) is 13.9. The Morgan fingerprint density at radius 1 is 1.00 bits per heavy atom. The summed E-state index contributed by atoms with van der Waals surface area (Å²) in [5.74, 6) is 0.527. The van der Waals surface area contributed by atoms with Crippen molar-refractivity contribution < 1.29 is 17.9 Å². The largest absolute Gasteiger partial charge is 0.489 e. The van der Waals surface area contributed by atoms with Crippen molar-refractivity contribution in [2.24, 2.45) is 0 Å². The highest BCUT2D eigenvalue weighted by atomic mass is 32.2. The van der Waals surface area contributed by atoms with Gasteiger partial charge >= 0.3 is 0 Å². The summed E-state index contributed by atoms with van der Waals surface area (Å²) in [6.45, 7) is 0.795. The molecule has 1 amide bonds. The van der Waals surface area contributed by atoms with Crippen LogP contribution >= 0.6 is 11.3 Å². The minimum Gasteiger partial charge on any atom is -0.489 e. The molecule has 3 rings (SSSR count). The van der Waals surface area contributed by atoms with E-state index in [0.29, 0.717) is 30.1 Å². The third-order valence-electron chi connectivity index (χ3n) is 3.98. The molecule has 0 saturated heterocycles. The lowest BCUT2D eigenvalue weighted by molar-refractivity contribution is 0.103. The zero-order valence-electron chi connectivity index (χ0n) is 15.9. The number of ether oxygens (including phenoxy) is 1. The second-order valence-corrected chi connectivity index (χ2v) is 9.44. The Labute approximate surface area is 174 Å². The molecule has 1 aromatic heterocycles. The van der Waals surface area contributed by atoms with Gasteiger partial charge in [0, 0.05) is 17.1 Å². The molecule has 0 saturated carbocycles. The van der Waals surface area contributed by atoms with Crippen molar-refractivity contribution in [3.63, 3.8) is 0 Å². The molecule has 152 valence electrons. The molecule has 2 aromatic carbocycles. The van der Waals surface area contributed by atoms with Gasteiger partial charge in [-0.25, -0.2) is 13.1 Å². The van der Waals surface area contributed by atoms with Gasteiger partial charge in [-0.3, -0.25) is 4.79 Å². The summed E-state index contributed by atoms with van der Waals surface area (Å²) in [6, 6.07) is 20.7. The van der Waals surface area contributed by atoms with Crippen molar-refractivity contribution in [2.45, 2.75) is 13.0 Å². The normalized spacial score (nSPS) is 11.2. The molecule has 8 heteroatoms. The average Bonchev–Trinajstić information content (AvgIpc) is 3.16. The van der Waals surface area contributed by atoms with E-state index in [1.807, 2.05) is 48.5 Å². The first-order valence-electron chi connectivity index (χ1n) is 9.00. The molecule has 0 bridgehead atoms. The highest BCUT2D eigenvalue weighted by Gasteiger charge is 2.10. The molecular formula is C21H22N2O4S2. The molecule has 1 heterocycles. The Hall–Kier alpha value is -2.68. The van der Waals surface area contributed by atoms with E-state index in [0.717, 1.165) is 22.4 Å². The van der Waals surface area contributed by atoms with Gasteiger partial charge in [0.25, 0.3) is 5.91 Å². The smallest absolute Gasteiger partial charge is 0.265 e. The third-order valence-corrected chi connectivity index (χ3v) is 5.85. The summed E-state index contributed by atoms with van der Waals surface area (Å²) in [7, 11) is -3.20. The van der Waals surface area contributed by atoms with Crippen molar-refractivity contribution in [3.8, 4) is 5.75 Å². The lowest BCUT2D eigenvalue weighted by Crippen LogP contribution is -2.24. The van der Waals surface area contributed by atoms with E-state index in [2.05, 4.69) is 10.0 Å². The number of rotatable bonds is 9.